The van der Waals surface area contributed by atoms with Crippen molar-refractivity contribution in [2.75, 3.05) is 33.3 Å². The third-order valence-corrected chi connectivity index (χ3v) is 7.87. The lowest BCUT2D eigenvalue weighted by molar-refractivity contribution is 0.0592. The molecule has 1 saturated heterocycles. The fraction of sp³-hybridized carbons (Fsp3) is 0.250. The Kier molecular flexibility index (Phi) is 6.57. The summed E-state index contributed by atoms with van der Waals surface area (Å²) in [4.78, 5) is 24.0. The summed E-state index contributed by atoms with van der Waals surface area (Å²) in [5.41, 5.74) is 3.64. The van der Waals surface area contributed by atoms with E-state index in [9.17, 15) is 4.79 Å². The van der Waals surface area contributed by atoms with Gasteiger partial charge in [0, 0.05) is 37.3 Å². The highest BCUT2D eigenvalue weighted by Crippen LogP contribution is 2.33. The number of fused-ring (bicyclic) bond motifs is 1. The lowest BCUT2D eigenvalue weighted by Crippen LogP contribution is -2.50. The molecular weight excluding hydrogens is 498 g/mol. The van der Waals surface area contributed by atoms with Gasteiger partial charge in [-0.3, -0.25) is 9.69 Å². The first-order valence-corrected chi connectivity index (χ1v) is 13.3. The van der Waals surface area contributed by atoms with Crippen molar-refractivity contribution in [3.05, 3.63) is 89.7 Å². The van der Waals surface area contributed by atoms with Gasteiger partial charge in [0.25, 0.3) is 5.91 Å². The van der Waals surface area contributed by atoms with Gasteiger partial charge in [-0.2, -0.15) is 4.80 Å². The monoisotopic (exact) mass is 525 g/mol. The molecule has 6 rings (SSSR count). The SMILES string of the molecule is COc1ccc2nc(-c3cccc(C(=O)N4CCN(C(c5ccccc5)c5nnn(C)n5)CC4)c3)sc2c1. The average molecular weight is 526 g/mol. The fourth-order valence-electron chi connectivity index (χ4n) is 4.87. The summed E-state index contributed by atoms with van der Waals surface area (Å²) >= 11 is 1.60. The summed E-state index contributed by atoms with van der Waals surface area (Å²) in [5, 5.41) is 13.7. The number of nitrogens with zero attached hydrogens (tertiary/aromatic N) is 7. The summed E-state index contributed by atoms with van der Waals surface area (Å²) in [6.07, 6.45) is 0. The molecule has 9 nitrogen and oxygen atoms in total. The smallest absolute Gasteiger partial charge is 0.253 e. The summed E-state index contributed by atoms with van der Waals surface area (Å²) in [7, 11) is 3.43. The number of aryl methyl sites for hydroxylation is 1. The predicted octanol–water partition coefficient (Wildman–Crippen LogP) is 4.04. The summed E-state index contributed by atoms with van der Waals surface area (Å²) in [6.45, 7) is 2.66. The number of thiazole rings is 1. The molecule has 0 saturated carbocycles. The number of carbonyl (C=O) groups is 1. The maximum atomic E-state index is 13.5. The Morgan fingerprint density at radius 2 is 1.79 bits per heavy atom. The number of hydrogen-bond acceptors (Lipinski definition) is 8. The van der Waals surface area contributed by atoms with Gasteiger partial charge in [-0.1, -0.05) is 42.5 Å². The van der Waals surface area contributed by atoms with Gasteiger partial charge in [0.1, 0.15) is 10.8 Å². The summed E-state index contributed by atoms with van der Waals surface area (Å²) in [5.74, 6) is 1.50. The molecule has 192 valence electrons. The van der Waals surface area contributed by atoms with E-state index in [1.165, 1.54) is 4.80 Å². The van der Waals surface area contributed by atoms with Gasteiger partial charge in [-0.25, -0.2) is 4.98 Å². The van der Waals surface area contributed by atoms with Gasteiger partial charge < -0.3 is 9.64 Å². The molecule has 1 unspecified atom stereocenters. The first-order valence-electron chi connectivity index (χ1n) is 12.5. The van der Waals surface area contributed by atoms with Gasteiger partial charge in [0.15, 0.2) is 5.82 Å². The van der Waals surface area contributed by atoms with Crippen LogP contribution in [-0.2, 0) is 7.05 Å². The molecule has 38 heavy (non-hydrogen) atoms. The molecule has 1 fully saturated rings. The van der Waals surface area contributed by atoms with Crippen LogP contribution in [0.25, 0.3) is 20.8 Å². The molecule has 2 aromatic heterocycles. The molecule has 0 aliphatic carbocycles. The maximum Gasteiger partial charge on any atom is 0.253 e. The first-order chi connectivity index (χ1) is 18.6. The number of amides is 1. The van der Waals surface area contributed by atoms with Crippen molar-refractivity contribution in [1.29, 1.82) is 0 Å². The van der Waals surface area contributed by atoms with E-state index in [1.54, 1.807) is 25.5 Å². The van der Waals surface area contributed by atoms with Crippen LogP contribution in [0.15, 0.2) is 72.8 Å². The van der Waals surface area contributed by atoms with Crippen LogP contribution in [-0.4, -0.2) is 74.2 Å². The van der Waals surface area contributed by atoms with Crippen LogP contribution in [0.3, 0.4) is 0 Å². The zero-order valence-electron chi connectivity index (χ0n) is 21.2. The second-order valence-corrected chi connectivity index (χ2v) is 10.2. The Balaban J connectivity index is 1.19. The van der Waals surface area contributed by atoms with Crippen LogP contribution < -0.4 is 4.74 Å². The van der Waals surface area contributed by atoms with Gasteiger partial charge in [-0.15, -0.1) is 21.5 Å². The second-order valence-electron chi connectivity index (χ2n) is 9.21. The highest BCUT2D eigenvalue weighted by molar-refractivity contribution is 7.21. The van der Waals surface area contributed by atoms with Crippen molar-refractivity contribution in [3.8, 4) is 16.3 Å². The minimum atomic E-state index is -0.108. The molecule has 0 radical (unpaired) electrons. The number of aromatic nitrogens is 5. The van der Waals surface area contributed by atoms with E-state index >= 15 is 0 Å². The quantitative estimate of drug-likeness (QED) is 0.331. The van der Waals surface area contributed by atoms with Gasteiger partial charge >= 0.3 is 0 Å². The number of hydrogen-bond donors (Lipinski definition) is 0. The molecule has 1 atom stereocenters. The van der Waals surface area contributed by atoms with Gasteiger partial charge in [-0.05, 0) is 41.1 Å². The minimum absolute atomic E-state index is 0.0307. The lowest BCUT2D eigenvalue weighted by Gasteiger charge is -2.38. The van der Waals surface area contributed by atoms with Crippen LogP contribution in [0, 0.1) is 0 Å². The van der Waals surface area contributed by atoms with Crippen molar-refractivity contribution in [3.63, 3.8) is 0 Å². The van der Waals surface area contributed by atoms with E-state index in [4.69, 9.17) is 9.72 Å². The van der Waals surface area contributed by atoms with Crippen molar-refractivity contribution in [1.82, 2.24) is 35.0 Å². The molecule has 5 aromatic rings. The molecule has 1 aliphatic rings. The minimum Gasteiger partial charge on any atom is -0.497 e. The standard InChI is InChI=1S/C28H27N7O2S/c1-33-31-26(30-32-33)25(19-7-4-3-5-8-19)34-13-15-35(16-14-34)28(36)21-10-6-9-20(17-21)27-29-23-12-11-22(37-2)18-24(23)38-27/h3-12,17-18,25H,13-16H2,1-2H3. The number of benzene rings is 3. The molecule has 3 heterocycles. The molecule has 0 N–H and O–H groups in total. The zero-order chi connectivity index (χ0) is 26.1. The van der Waals surface area contributed by atoms with Crippen molar-refractivity contribution < 1.29 is 9.53 Å². The van der Waals surface area contributed by atoms with E-state index in [-0.39, 0.29) is 11.9 Å². The van der Waals surface area contributed by atoms with Crippen LogP contribution in [0.1, 0.15) is 27.8 Å². The van der Waals surface area contributed by atoms with Crippen LogP contribution >= 0.6 is 11.3 Å². The van der Waals surface area contributed by atoms with Crippen LogP contribution in [0.2, 0.25) is 0 Å². The average Bonchev–Trinajstić information content (AvgIpc) is 3.59. The van der Waals surface area contributed by atoms with Gasteiger partial charge in [0.05, 0.1) is 30.4 Å². The van der Waals surface area contributed by atoms with E-state index in [2.05, 4.69) is 32.4 Å². The number of carbonyl (C=O) groups excluding carboxylic acids is 1. The predicted molar refractivity (Wildman–Crippen MR) is 146 cm³/mol. The number of methoxy groups -OCH3 is 1. The lowest BCUT2D eigenvalue weighted by atomic mass is 10.0. The summed E-state index contributed by atoms with van der Waals surface area (Å²) in [6, 6.07) is 23.7. The fourth-order valence-corrected chi connectivity index (χ4v) is 5.86. The Morgan fingerprint density at radius 3 is 2.53 bits per heavy atom. The molecular formula is C28H27N7O2S. The normalized spacial score (nSPS) is 15.1. The molecule has 1 aliphatic heterocycles. The zero-order valence-corrected chi connectivity index (χ0v) is 22.0. The highest BCUT2D eigenvalue weighted by Gasteiger charge is 2.31. The molecule has 3 aromatic carbocycles. The van der Waals surface area contributed by atoms with Gasteiger partial charge in [0.2, 0.25) is 0 Å². The first kappa shape index (κ1) is 24.2. The third-order valence-electron chi connectivity index (χ3n) is 6.80. The number of tetrazole rings is 1. The Labute approximate surface area is 224 Å². The number of rotatable bonds is 6. The molecule has 10 heteroatoms. The van der Waals surface area contributed by atoms with Crippen molar-refractivity contribution in [2.45, 2.75) is 6.04 Å². The Bertz CT molecular complexity index is 1570. The van der Waals surface area contributed by atoms with E-state index in [0.717, 1.165) is 32.1 Å². The molecule has 1 amide bonds. The topological polar surface area (TPSA) is 89.3 Å². The van der Waals surface area contributed by atoms with E-state index in [0.29, 0.717) is 37.6 Å². The van der Waals surface area contributed by atoms with Crippen molar-refractivity contribution >= 4 is 27.5 Å². The van der Waals surface area contributed by atoms with Crippen LogP contribution in [0.5, 0.6) is 5.75 Å². The molecule has 0 bridgehead atoms. The third kappa shape index (κ3) is 4.75. The number of piperazine rings is 1. The van der Waals surface area contributed by atoms with Crippen LogP contribution in [0.4, 0.5) is 0 Å². The Morgan fingerprint density at radius 1 is 0.974 bits per heavy atom. The maximum absolute atomic E-state index is 13.5. The van der Waals surface area contributed by atoms with E-state index in [1.807, 2.05) is 65.6 Å². The highest BCUT2D eigenvalue weighted by atomic mass is 32.1. The number of ether oxygens (including phenoxy) is 1. The largest absolute Gasteiger partial charge is 0.497 e. The van der Waals surface area contributed by atoms with Crippen molar-refractivity contribution in [2.24, 2.45) is 7.05 Å². The second kappa shape index (κ2) is 10.3. The van der Waals surface area contributed by atoms with E-state index < -0.39 is 0 Å². The summed E-state index contributed by atoms with van der Waals surface area (Å²) < 4.78 is 6.40. The molecule has 0 spiro atoms. The Hall–Kier alpha value is -4.15.